The third-order valence-corrected chi connectivity index (χ3v) is 3.08. The van der Waals surface area contributed by atoms with Gasteiger partial charge < -0.3 is 10.6 Å². The summed E-state index contributed by atoms with van der Waals surface area (Å²) in [5, 5.41) is 13.4. The van der Waals surface area contributed by atoms with Gasteiger partial charge in [-0.1, -0.05) is 6.07 Å². The van der Waals surface area contributed by atoms with Gasteiger partial charge in [0.05, 0.1) is 12.2 Å². The Morgan fingerprint density at radius 1 is 1.17 bits per heavy atom. The number of carbonyl (C=O) groups excluding carboxylic acids is 2. The maximum atomic E-state index is 11.8. The van der Waals surface area contributed by atoms with E-state index in [-0.39, 0.29) is 18.4 Å². The van der Waals surface area contributed by atoms with Crippen molar-refractivity contribution in [3.63, 3.8) is 0 Å². The zero-order valence-electron chi connectivity index (χ0n) is 12.4. The smallest absolute Gasteiger partial charge is 0.243 e. The van der Waals surface area contributed by atoms with Crippen LogP contribution in [0.1, 0.15) is 6.92 Å². The SMILES string of the molecule is CC(=O)NCC(=O)Nc1ccc2nnc(-c3ccccn3)n2c1. The number of nitrogens with zero attached hydrogens (tertiary/aromatic N) is 4. The third kappa shape index (κ3) is 3.31. The second-order valence-electron chi connectivity index (χ2n) is 4.84. The molecule has 0 spiro atoms. The van der Waals surface area contributed by atoms with E-state index in [1.807, 2.05) is 18.2 Å². The normalized spacial score (nSPS) is 10.5. The fourth-order valence-electron chi connectivity index (χ4n) is 2.04. The van der Waals surface area contributed by atoms with Crippen molar-refractivity contribution in [1.82, 2.24) is 24.9 Å². The molecule has 0 atom stereocenters. The maximum Gasteiger partial charge on any atom is 0.243 e. The summed E-state index contributed by atoms with van der Waals surface area (Å²) in [6.45, 7) is 1.28. The molecule has 3 aromatic heterocycles. The number of rotatable bonds is 4. The van der Waals surface area contributed by atoms with Crippen LogP contribution in [-0.4, -0.2) is 37.9 Å². The van der Waals surface area contributed by atoms with Crippen LogP contribution >= 0.6 is 0 Å². The first-order chi connectivity index (χ1) is 11.1. The lowest BCUT2D eigenvalue weighted by Gasteiger charge is -2.07. The number of hydrogen-bond donors (Lipinski definition) is 2. The highest BCUT2D eigenvalue weighted by Gasteiger charge is 2.10. The summed E-state index contributed by atoms with van der Waals surface area (Å²) >= 11 is 0. The molecule has 0 unspecified atom stereocenters. The highest BCUT2D eigenvalue weighted by molar-refractivity contribution is 5.94. The average molecular weight is 310 g/mol. The van der Waals surface area contributed by atoms with Crippen LogP contribution in [0.2, 0.25) is 0 Å². The minimum Gasteiger partial charge on any atom is -0.347 e. The lowest BCUT2D eigenvalue weighted by molar-refractivity contribution is -0.122. The Morgan fingerprint density at radius 3 is 2.78 bits per heavy atom. The third-order valence-electron chi connectivity index (χ3n) is 3.08. The molecule has 0 saturated heterocycles. The van der Waals surface area contributed by atoms with Crippen molar-refractivity contribution in [2.75, 3.05) is 11.9 Å². The zero-order chi connectivity index (χ0) is 16.2. The van der Waals surface area contributed by atoms with Crippen LogP contribution in [0.5, 0.6) is 0 Å². The first-order valence-electron chi connectivity index (χ1n) is 6.94. The molecular weight excluding hydrogens is 296 g/mol. The Balaban J connectivity index is 1.86. The molecule has 0 radical (unpaired) electrons. The maximum absolute atomic E-state index is 11.8. The molecule has 2 amide bonds. The second kappa shape index (κ2) is 6.22. The standard InChI is InChI=1S/C15H14N6O2/c1-10(22)17-8-14(23)18-11-5-6-13-19-20-15(21(13)9-11)12-4-2-3-7-16-12/h2-7,9H,8H2,1H3,(H,17,22)(H,18,23). The summed E-state index contributed by atoms with van der Waals surface area (Å²) in [5.41, 5.74) is 1.90. The molecule has 0 saturated carbocycles. The van der Waals surface area contributed by atoms with Crippen LogP contribution in [0.3, 0.4) is 0 Å². The van der Waals surface area contributed by atoms with Crippen LogP contribution in [0.15, 0.2) is 42.7 Å². The summed E-state index contributed by atoms with van der Waals surface area (Å²) in [4.78, 5) is 26.8. The van der Waals surface area contributed by atoms with Gasteiger partial charge in [-0.25, -0.2) is 0 Å². The van der Waals surface area contributed by atoms with E-state index in [1.54, 1.807) is 28.9 Å². The molecule has 0 bridgehead atoms. The first-order valence-corrected chi connectivity index (χ1v) is 6.94. The largest absolute Gasteiger partial charge is 0.347 e. The van der Waals surface area contributed by atoms with Gasteiger partial charge in [-0.05, 0) is 24.3 Å². The minimum absolute atomic E-state index is 0.0807. The lowest BCUT2D eigenvalue weighted by atomic mass is 10.3. The van der Waals surface area contributed by atoms with Gasteiger partial charge in [-0.3, -0.25) is 19.0 Å². The molecular formula is C15H14N6O2. The number of fused-ring (bicyclic) bond motifs is 1. The number of aromatic nitrogens is 4. The van der Waals surface area contributed by atoms with Gasteiger partial charge in [0, 0.05) is 19.3 Å². The zero-order valence-corrected chi connectivity index (χ0v) is 12.4. The van der Waals surface area contributed by atoms with Gasteiger partial charge in [0.2, 0.25) is 11.8 Å². The number of nitrogens with one attached hydrogen (secondary N) is 2. The van der Waals surface area contributed by atoms with Gasteiger partial charge in [0.15, 0.2) is 11.5 Å². The van der Waals surface area contributed by atoms with Crippen molar-refractivity contribution >= 4 is 23.1 Å². The monoisotopic (exact) mass is 310 g/mol. The molecule has 0 fully saturated rings. The van der Waals surface area contributed by atoms with Crippen LogP contribution in [0.4, 0.5) is 5.69 Å². The lowest BCUT2D eigenvalue weighted by Crippen LogP contribution is -2.31. The second-order valence-corrected chi connectivity index (χ2v) is 4.84. The van der Waals surface area contributed by atoms with E-state index in [1.165, 1.54) is 6.92 Å². The van der Waals surface area contributed by atoms with Gasteiger partial charge in [-0.2, -0.15) is 0 Å². The molecule has 3 aromatic rings. The van der Waals surface area contributed by atoms with Gasteiger partial charge in [-0.15, -0.1) is 10.2 Å². The summed E-state index contributed by atoms with van der Waals surface area (Å²) in [6.07, 6.45) is 3.39. The molecule has 116 valence electrons. The van der Waals surface area contributed by atoms with E-state index in [4.69, 9.17) is 0 Å². The Morgan fingerprint density at radius 2 is 2.04 bits per heavy atom. The minimum atomic E-state index is -0.313. The Labute approximate surface area is 131 Å². The van der Waals surface area contributed by atoms with Crippen molar-refractivity contribution in [1.29, 1.82) is 0 Å². The van der Waals surface area contributed by atoms with Gasteiger partial charge in [0.1, 0.15) is 5.69 Å². The molecule has 8 nitrogen and oxygen atoms in total. The Kier molecular flexibility index (Phi) is 3.96. The predicted molar refractivity (Wildman–Crippen MR) is 83.5 cm³/mol. The fraction of sp³-hybridized carbons (Fsp3) is 0.133. The molecule has 3 rings (SSSR count). The summed E-state index contributed by atoms with van der Waals surface area (Å²) in [6, 6.07) is 8.98. The van der Waals surface area contributed by atoms with Crippen LogP contribution < -0.4 is 10.6 Å². The Hall–Kier alpha value is -3.29. The van der Waals surface area contributed by atoms with Crippen molar-refractivity contribution in [3.8, 4) is 11.5 Å². The predicted octanol–water partition coefficient (Wildman–Crippen LogP) is 0.866. The number of hydrogen-bond acceptors (Lipinski definition) is 5. The van der Waals surface area contributed by atoms with Crippen LogP contribution in [0.25, 0.3) is 17.2 Å². The molecule has 0 aliphatic carbocycles. The molecule has 2 N–H and O–H groups in total. The van der Waals surface area contributed by atoms with Crippen molar-refractivity contribution in [3.05, 3.63) is 42.7 Å². The van der Waals surface area contributed by atoms with E-state index in [9.17, 15) is 9.59 Å². The summed E-state index contributed by atoms with van der Waals surface area (Å²) in [5.74, 6) is 0.0115. The van der Waals surface area contributed by atoms with Gasteiger partial charge >= 0.3 is 0 Å². The van der Waals surface area contributed by atoms with E-state index in [0.29, 0.717) is 22.9 Å². The number of amides is 2. The van der Waals surface area contributed by atoms with E-state index in [0.717, 1.165) is 0 Å². The Bertz CT molecular complexity index is 859. The molecule has 0 aromatic carbocycles. The molecule has 3 heterocycles. The van der Waals surface area contributed by atoms with Crippen LogP contribution in [-0.2, 0) is 9.59 Å². The molecule has 0 aliphatic rings. The van der Waals surface area contributed by atoms with Crippen LogP contribution in [0, 0.1) is 0 Å². The van der Waals surface area contributed by atoms with Gasteiger partial charge in [0.25, 0.3) is 0 Å². The van der Waals surface area contributed by atoms with Crippen molar-refractivity contribution < 1.29 is 9.59 Å². The van der Waals surface area contributed by atoms with Crippen molar-refractivity contribution in [2.24, 2.45) is 0 Å². The topological polar surface area (TPSA) is 101 Å². The molecule has 8 heteroatoms. The number of carbonyl (C=O) groups is 2. The first kappa shape index (κ1) is 14.6. The summed E-state index contributed by atoms with van der Waals surface area (Å²) < 4.78 is 1.75. The fourth-order valence-corrected chi connectivity index (χ4v) is 2.04. The quantitative estimate of drug-likeness (QED) is 0.744. The highest BCUT2D eigenvalue weighted by Crippen LogP contribution is 2.18. The summed E-state index contributed by atoms with van der Waals surface area (Å²) in [7, 11) is 0. The average Bonchev–Trinajstić information content (AvgIpc) is 2.97. The highest BCUT2D eigenvalue weighted by atomic mass is 16.2. The van der Waals surface area contributed by atoms with Crippen molar-refractivity contribution in [2.45, 2.75) is 6.92 Å². The molecule has 23 heavy (non-hydrogen) atoms. The number of pyridine rings is 2. The van der Waals surface area contributed by atoms with E-state index >= 15 is 0 Å². The van der Waals surface area contributed by atoms with E-state index in [2.05, 4.69) is 25.8 Å². The molecule has 0 aliphatic heterocycles. The number of anilines is 1. The van der Waals surface area contributed by atoms with E-state index < -0.39 is 0 Å².